The second-order valence-corrected chi connectivity index (χ2v) is 3.47. The molecule has 0 aromatic carbocycles. The minimum absolute atomic E-state index is 0.747. The molecule has 2 heteroatoms. The van der Waals surface area contributed by atoms with Gasteiger partial charge in [0.1, 0.15) is 0 Å². The van der Waals surface area contributed by atoms with Crippen LogP contribution in [0.1, 0.15) is 13.8 Å². The van der Waals surface area contributed by atoms with E-state index in [1.165, 1.54) is 16.5 Å². The minimum Gasteiger partial charge on any atom is -0.391 e. The summed E-state index contributed by atoms with van der Waals surface area (Å²) in [6, 6.07) is 0.747. The first-order valence-electron chi connectivity index (χ1n) is 2.31. The SMILES string of the molecule is CC(C)[N](C)[AlH2]. The summed E-state index contributed by atoms with van der Waals surface area (Å²) in [4.78, 5) is 0. The van der Waals surface area contributed by atoms with Crippen molar-refractivity contribution in [2.45, 2.75) is 19.9 Å². The quantitative estimate of drug-likeness (QED) is 0.416. The second kappa shape index (κ2) is 2.63. The van der Waals surface area contributed by atoms with Crippen LogP contribution in [0.5, 0.6) is 0 Å². The molecule has 0 aromatic heterocycles. The number of hydrogen-bond acceptors (Lipinski definition) is 1. The Balaban J connectivity index is 2.99. The Morgan fingerprint density at radius 3 is 1.67 bits per heavy atom. The van der Waals surface area contributed by atoms with Gasteiger partial charge in [-0.1, -0.05) is 13.8 Å². The fourth-order valence-electron chi connectivity index (χ4n) is 0. The predicted molar refractivity (Wildman–Crippen MR) is 31.4 cm³/mol. The van der Waals surface area contributed by atoms with Crippen molar-refractivity contribution in [2.75, 3.05) is 7.05 Å². The third-order valence-electron chi connectivity index (χ3n) is 1.03. The molecule has 36 valence electrons. The molecule has 0 unspecified atom stereocenters. The van der Waals surface area contributed by atoms with E-state index in [2.05, 4.69) is 24.8 Å². The Labute approximate surface area is 48.0 Å². The predicted octanol–water partition coefficient (Wildman–Crippen LogP) is -0.125. The molecule has 0 saturated heterocycles. The van der Waals surface area contributed by atoms with Gasteiger partial charge < -0.3 is 3.88 Å². The standard InChI is InChI=1S/C4H10N.Al.2H/c1-4(2)5-3;;;/h4H,1-3H3;;;/q-1;+1;;. The zero-order valence-electron chi connectivity index (χ0n) is 5.02. The van der Waals surface area contributed by atoms with E-state index in [9.17, 15) is 0 Å². The van der Waals surface area contributed by atoms with E-state index >= 15 is 0 Å². The summed E-state index contributed by atoms with van der Waals surface area (Å²) in [6.07, 6.45) is 0. The summed E-state index contributed by atoms with van der Waals surface area (Å²) < 4.78 is 2.31. The first-order valence-corrected chi connectivity index (χ1v) is 3.20. The Morgan fingerprint density at radius 2 is 1.67 bits per heavy atom. The Hall–Kier alpha value is 0.492. The van der Waals surface area contributed by atoms with Crippen LogP contribution in [0.2, 0.25) is 0 Å². The maximum Gasteiger partial charge on any atom is 0.321 e. The van der Waals surface area contributed by atoms with Crippen LogP contribution < -0.4 is 0 Å². The van der Waals surface area contributed by atoms with Crippen molar-refractivity contribution in [3.8, 4) is 0 Å². The van der Waals surface area contributed by atoms with Gasteiger partial charge in [-0.15, -0.1) is 0 Å². The molecule has 0 amide bonds. The van der Waals surface area contributed by atoms with Crippen molar-refractivity contribution in [2.24, 2.45) is 0 Å². The van der Waals surface area contributed by atoms with Crippen molar-refractivity contribution >= 4 is 16.5 Å². The third-order valence-corrected chi connectivity index (χ3v) is 2.07. The molecule has 0 fully saturated rings. The molecule has 6 heavy (non-hydrogen) atoms. The highest BCUT2D eigenvalue weighted by Gasteiger charge is 1.90. The topological polar surface area (TPSA) is 3.24 Å². The van der Waals surface area contributed by atoms with Crippen LogP contribution in [-0.4, -0.2) is 33.5 Å². The van der Waals surface area contributed by atoms with Crippen LogP contribution in [0.4, 0.5) is 0 Å². The van der Waals surface area contributed by atoms with Crippen molar-refractivity contribution in [3.63, 3.8) is 0 Å². The highest BCUT2D eigenvalue weighted by atomic mass is 27.1. The van der Waals surface area contributed by atoms with Gasteiger partial charge in [0.25, 0.3) is 0 Å². The molecule has 0 saturated carbocycles. The van der Waals surface area contributed by atoms with Gasteiger partial charge in [0, 0.05) is 0 Å². The molecule has 0 aromatic rings. The van der Waals surface area contributed by atoms with E-state index in [4.69, 9.17) is 0 Å². The Bertz CT molecular complexity index is 28.5. The molecule has 0 bridgehead atoms. The van der Waals surface area contributed by atoms with Gasteiger partial charge in [0.15, 0.2) is 0 Å². The summed E-state index contributed by atoms with van der Waals surface area (Å²) in [5.41, 5.74) is 0. The van der Waals surface area contributed by atoms with Crippen LogP contribution in [0, 0.1) is 0 Å². The van der Waals surface area contributed by atoms with Gasteiger partial charge in [-0.3, -0.25) is 0 Å². The molecule has 0 spiro atoms. The highest BCUT2D eigenvalue weighted by molar-refractivity contribution is 6.04. The van der Waals surface area contributed by atoms with E-state index in [0.717, 1.165) is 6.04 Å². The van der Waals surface area contributed by atoms with Crippen LogP contribution >= 0.6 is 0 Å². The first-order chi connectivity index (χ1) is 2.64. The molecule has 0 radical (unpaired) electrons. The minimum atomic E-state index is 0.747. The van der Waals surface area contributed by atoms with Crippen LogP contribution in [0.15, 0.2) is 0 Å². The third kappa shape index (κ3) is 2.72. The molecule has 1 nitrogen and oxygen atoms in total. The highest BCUT2D eigenvalue weighted by Crippen LogP contribution is 1.83. The molecule has 0 heterocycles. The van der Waals surface area contributed by atoms with Gasteiger partial charge in [0.2, 0.25) is 0 Å². The lowest BCUT2D eigenvalue weighted by Crippen LogP contribution is -2.22. The van der Waals surface area contributed by atoms with E-state index in [0.29, 0.717) is 0 Å². The maximum atomic E-state index is 2.31. The van der Waals surface area contributed by atoms with Gasteiger partial charge in [-0.2, -0.15) is 0 Å². The molecular formula is C4H12AlN. The maximum absolute atomic E-state index is 2.31. The number of rotatable bonds is 1. The van der Waals surface area contributed by atoms with E-state index < -0.39 is 0 Å². The summed E-state index contributed by atoms with van der Waals surface area (Å²) >= 11 is 1.19. The normalized spacial score (nSPS) is 10.8. The second-order valence-electron chi connectivity index (χ2n) is 2.06. The lowest BCUT2D eigenvalue weighted by atomic mass is 10.4. The fourth-order valence-corrected chi connectivity index (χ4v) is 0. The zero-order valence-corrected chi connectivity index (χ0v) is 7.02. The van der Waals surface area contributed by atoms with Crippen molar-refractivity contribution in [1.82, 2.24) is 3.88 Å². The van der Waals surface area contributed by atoms with Crippen molar-refractivity contribution < 1.29 is 0 Å². The first kappa shape index (κ1) is 6.49. The lowest BCUT2D eigenvalue weighted by molar-refractivity contribution is 0.451. The molecule has 0 aliphatic carbocycles. The van der Waals surface area contributed by atoms with Gasteiger partial charge in [-0.05, 0) is 13.1 Å². The lowest BCUT2D eigenvalue weighted by Gasteiger charge is -2.13. The average Bonchev–Trinajstić information content (AvgIpc) is 1.36. The van der Waals surface area contributed by atoms with Crippen LogP contribution in [0.3, 0.4) is 0 Å². The van der Waals surface area contributed by atoms with Crippen LogP contribution in [-0.2, 0) is 0 Å². The largest absolute Gasteiger partial charge is 0.391 e. The molecule has 0 aliphatic rings. The van der Waals surface area contributed by atoms with Crippen molar-refractivity contribution in [3.05, 3.63) is 0 Å². The van der Waals surface area contributed by atoms with Crippen molar-refractivity contribution in [1.29, 1.82) is 0 Å². The summed E-state index contributed by atoms with van der Waals surface area (Å²) in [7, 11) is 2.14. The number of nitrogens with zero attached hydrogens (tertiary/aromatic N) is 1. The fraction of sp³-hybridized carbons (Fsp3) is 1.00. The van der Waals surface area contributed by atoms with E-state index in [-0.39, 0.29) is 0 Å². The van der Waals surface area contributed by atoms with E-state index in [1.807, 2.05) is 0 Å². The summed E-state index contributed by atoms with van der Waals surface area (Å²) in [5, 5.41) is 0. The molecule has 0 N–H and O–H groups in total. The Kier molecular flexibility index (Phi) is 2.85. The van der Waals surface area contributed by atoms with E-state index in [1.54, 1.807) is 0 Å². The van der Waals surface area contributed by atoms with Gasteiger partial charge >= 0.3 is 16.5 Å². The Morgan fingerprint density at radius 1 is 1.50 bits per heavy atom. The smallest absolute Gasteiger partial charge is 0.321 e. The monoisotopic (exact) mass is 101 g/mol. The van der Waals surface area contributed by atoms with Gasteiger partial charge in [-0.25, -0.2) is 0 Å². The molecular weight excluding hydrogens is 89.0 g/mol. The van der Waals surface area contributed by atoms with Crippen LogP contribution in [0.25, 0.3) is 0 Å². The summed E-state index contributed by atoms with van der Waals surface area (Å²) in [5.74, 6) is 0. The molecule has 0 atom stereocenters. The molecule has 0 aliphatic heterocycles. The average molecular weight is 101 g/mol. The van der Waals surface area contributed by atoms with Gasteiger partial charge in [0.05, 0.1) is 0 Å². The molecule has 0 rings (SSSR count). The zero-order chi connectivity index (χ0) is 5.15. The summed E-state index contributed by atoms with van der Waals surface area (Å²) in [6.45, 7) is 4.40. The number of hydrogen-bond donors (Lipinski definition) is 0.